The molecule has 0 bridgehead atoms. The van der Waals surface area contributed by atoms with Gasteiger partial charge in [-0.1, -0.05) is 43.7 Å². The van der Waals surface area contributed by atoms with Gasteiger partial charge < -0.3 is 19.8 Å². The summed E-state index contributed by atoms with van der Waals surface area (Å²) in [4.78, 5) is 25.9. The first-order valence-electron chi connectivity index (χ1n) is 10.6. The minimum atomic E-state index is -0.442. The Labute approximate surface area is 186 Å². The first-order valence-corrected chi connectivity index (χ1v) is 10.6. The maximum absolute atomic E-state index is 12.9. The maximum atomic E-state index is 12.9. The van der Waals surface area contributed by atoms with Crippen molar-refractivity contribution in [2.45, 2.75) is 19.8 Å². The number of amides is 2. The van der Waals surface area contributed by atoms with Gasteiger partial charge in [0.25, 0.3) is 11.8 Å². The predicted octanol–water partition coefficient (Wildman–Crippen LogP) is 6.12. The van der Waals surface area contributed by atoms with Gasteiger partial charge in [0.2, 0.25) is 5.76 Å². The summed E-state index contributed by atoms with van der Waals surface area (Å²) in [6, 6.07) is 23.2. The van der Waals surface area contributed by atoms with E-state index in [4.69, 9.17) is 9.15 Å². The van der Waals surface area contributed by atoms with Gasteiger partial charge in [0.15, 0.2) is 0 Å². The molecule has 4 rings (SSSR count). The van der Waals surface area contributed by atoms with Gasteiger partial charge in [0.05, 0.1) is 6.61 Å². The van der Waals surface area contributed by atoms with Gasteiger partial charge in [-0.15, -0.1) is 0 Å². The third-order valence-corrected chi connectivity index (χ3v) is 4.96. The van der Waals surface area contributed by atoms with Crippen molar-refractivity contribution in [3.05, 3.63) is 90.2 Å². The second-order valence-electron chi connectivity index (χ2n) is 7.30. The molecule has 162 valence electrons. The van der Waals surface area contributed by atoms with Crippen LogP contribution in [0.3, 0.4) is 0 Å². The third-order valence-electron chi connectivity index (χ3n) is 4.96. The molecule has 0 aliphatic carbocycles. The Hall–Kier alpha value is -4.06. The van der Waals surface area contributed by atoms with E-state index < -0.39 is 5.91 Å². The molecule has 0 fully saturated rings. The molecule has 6 heteroatoms. The summed E-state index contributed by atoms with van der Waals surface area (Å²) in [5, 5.41) is 6.31. The minimum absolute atomic E-state index is 0.0444. The lowest BCUT2D eigenvalue weighted by Gasteiger charge is -2.09. The summed E-state index contributed by atoms with van der Waals surface area (Å²) in [5.74, 6) is -0.0256. The molecule has 6 nitrogen and oxygen atoms in total. The van der Waals surface area contributed by atoms with E-state index in [0.717, 1.165) is 12.8 Å². The molecule has 0 saturated heterocycles. The van der Waals surface area contributed by atoms with Gasteiger partial charge in [-0.3, -0.25) is 9.59 Å². The Morgan fingerprint density at radius 3 is 2.31 bits per heavy atom. The molecular weight excluding hydrogens is 404 g/mol. The lowest BCUT2D eigenvalue weighted by molar-refractivity contribution is 0.0999. The van der Waals surface area contributed by atoms with Crippen molar-refractivity contribution in [3.8, 4) is 5.75 Å². The number of ether oxygens (including phenoxy) is 1. The number of furan rings is 1. The highest BCUT2D eigenvalue weighted by atomic mass is 16.5. The summed E-state index contributed by atoms with van der Waals surface area (Å²) in [6.45, 7) is 2.74. The lowest BCUT2D eigenvalue weighted by Crippen LogP contribution is -2.17. The molecule has 32 heavy (non-hydrogen) atoms. The standard InChI is InChI=1S/C26H24N2O4/c1-2-3-17-31-20-15-13-18(14-16-20)25(29)28-23-21-11-7-8-12-22(21)32-24(23)26(30)27-19-9-5-4-6-10-19/h4-16H,2-3,17H2,1H3,(H,27,30)(H,28,29). The smallest absolute Gasteiger partial charge is 0.293 e. The molecule has 1 aromatic heterocycles. The highest BCUT2D eigenvalue weighted by Gasteiger charge is 2.23. The van der Waals surface area contributed by atoms with Crippen molar-refractivity contribution in [2.24, 2.45) is 0 Å². The second-order valence-corrected chi connectivity index (χ2v) is 7.30. The number of anilines is 2. The van der Waals surface area contributed by atoms with Gasteiger partial charge in [-0.2, -0.15) is 0 Å². The molecule has 1 heterocycles. The number of hydrogen-bond donors (Lipinski definition) is 2. The Morgan fingerprint density at radius 2 is 1.56 bits per heavy atom. The van der Waals surface area contributed by atoms with Crippen LogP contribution in [0.15, 0.2) is 83.3 Å². The number of carbonyl (C=O) groups is 2. The number of fused-ring (bicyclic) bond motifs is 1. The zero-order valence-corrected chi connectivity index (χ0v) is 17.8. The van der Waals surface area contributed by atoms with E-state index in [1.165, 1.54) is 0 Å². The normalized spacial score (nSPS) is 10.7. The van der Waals surface area contributed by atoms with Crippen LogP contribution in [0.1, 0.15) is 40.7 Å². The molecule has 4 aromatic rings. The van der Waals surface area contributed by atoms with E-state index in [2.05, 4.69) is 17.6 Å². The molecule has 0 saturated carbocycles. The van der Waals surface area contributed by atoms with Crippen LogP contribution in [0, 0.1) is 0 Å². The van der Waals surface area contributed by atoms with Crippen molar-refractivity contribution in [1.82, 2.24) is 0 Å². The van der Waals surface area contributed by atoms with E-state index in [0.29, 0.717) is 40.3 Å². The average Bonchev–Trinajstić information content (AvgIpc) is 3.19. The van der Waals surface area contributed by atoms with Crippen LogP contribution in [0.4, 0.5) is 11.4 Å². The zero-order chi connectivity index (χ0) is 22.3. The van der Waals surface area contributed by atoms with E-state index >= 15 is 0 Å². The fourth-order valence-electron chi connectivity index (χ4n) is 3.26. The molecule has 2 amide bonds. The Kier molecular flexibility index (Phi) is 6.51. The molecular formula is C26H24N2O4. The summed E-state index contributed by atoms with van der Waals surface area (Å²) >= 11 is 0. The van der Waals surface area contributed by atoms with Gasteiger partial charge in [-0.05, 0) is 55.0 Å². The highest BCUT2D eigenvalue weighted by molar-refractivity contribution is 6.16. The Balaban J connectivity index is 1.57. The Morgan fingerprint density at radius 1 is 0.844 bits per heavy atom. The zero-order valence-electron chi connectivity index (χ0n) is 17.8. The number of rotatable bonds is 8. The van der Waals surface area contributed by atoms with Gasteiger partial charge in [0, 0.05) is 16.6 Å². The fourth-order valence-corrected chi connectivity index (χ4v) is 3.26. The molecule has 0 radical (unpaired) electrons. The maximum Gasteiger partial charge on any atom is 0.293 e. The average molecular weight is 428 g/mol. The number of nitrogens with one attached hydrogen (secondary N) is 2. The highest BCUT2D eigenvalue weighted by Crippen LogP contribution is 2.32. The molecule has 2 N–H and O–H groups in total. The van der Waals surface area contributed by atoms with Crippen LogP contribution in [-0.4, -0.2) is 18.4 Å². The molecule has 0 atom stereocenters. The summed E-state index contributed by atoms with van der Waals surface area (Å²) in [5.41, 5.74) is 1.93. The van der Waals surface area contributed by atoms with Crippen molar-refractivity contribution in [3.63, 3.8) is 0 Å². The largest absolute Gasteiger partial charge is 0.494 e. The molecule has 3 aromatic carbocycles. The van der Waals surface area contributed by atoms with Crippen molar-refractivity contribution in [1.29, 1.82) is 0 Å². The predicted molar refractivity (Wildman–Crippen MR) is 125 cm³/mol. The van der Waals surface area contributed by atoms with Crippen LogP contribution < -0.4 is 15.4 Å². The van der Waals surface area contributed by atoms with E-state index in [9.17, 15) is 9.59 Å². The van der Waals surface area contributed by atoms with E-state index in [1.54, 1.807) is 48.5 Å². The molecule has 0 aliphatic rings. The third kappa shape index (κ3) is 4.81. The number of hydrogen-bond acceptors (Lipinski definition) is 4. The lowest BCUT2D eigenvalue weighted by atomic mass is 10.1. The quantitative estimate of drug-likeness (QED) is 0.332. The topological polar surface area (TPSA) is 80.6 Å². The Bertz CT molecular complexity index is 1210. The second kappa shape index (κ2) is 9.83. The van der Waals surface area contributed by atoms with Gasteiger partial charge >= 0.3 is 0 Å². The van der Waals surface area contributed by atoms with Crippen LogP contribution in [0.5, 0.6) is 5.75 Å². The van der Waals surface area contributed by atoms with E-state index in [-0.39, 0.29) is 11.7 Å². The van der Waals surface area contributed by atoms with Gasteiger partial charge in [0.1, 0.15) is 17.0 Å². The first kappa shape index (κ1) is 21.2. The van der Waals surface area contributed by atoms with Crippen LogP contribution in [0.25, 0.3) is 11.0 Å². The summed E-state index contributed by atoms with van der Waals surface area (Å²) in [6.07, 6.45) is 2.03. The minimum Gasteiger partial charge on any atom is -0.494 e. The van der Waals surface area contributed by atoms with Crippen LogP contribution in [0.2, 0.25) is 0 Å². The molecule has 0 aliphatic heterocycles. The number of carbonyl (C=O) groups excluding carboxylic acids is 2. The number of para-hydroxylation sites is 2. The fraction of sp³-hybridized carbons (Fsp3) is 0.154. The number of benzene rings is 3. The van der Waals surface area contributed by atoms with Crippen LogP contribution >= 0.6 is 0 Å². The summed E-state index contributed by atoms with van der Waals surface area (Å²) < 4.78 is 11.4. The SMILES string of the molecule is CCCCOc1ccc(C(=O)Nc2c(C(=O)Nc3ccccc3)oc3ccccc23)cc1. The number of unbranched alkanes of at least 4 members (excludes halogenated alkanes) is 1. The van der Waals surface area contributed by atoms with E-state index in [1.807, 2.05) is 30.3 Å². The monoisotopic (exact) mass is 428 g/mol. The summed E-state index contributed by atoms with van der Waals surface area (Å²) in [7, 11) is 0. The molecule has 0 unspecified atom stereocenters. The van der Waals surface area contributed by atoms with Crippen molar-refractivity contribution < 1.29 is 18.7 Å². The van der Waals surface area contributed by atoms with Crippen LogP contribution in [-0.2, 0) is 0 Å². The molecule has 0 spiro atoms. The van der Waals surface area contributed by atoms with Gasteiger partial charge in [-0.25, -0.2) is 0 Å². The first-order chi connectivity index (χ1) is 15.7. The van der Waals surface area contributed by atoms with Crippen molar-refractivity contribution >= 4 is 34.2 Å². The van der Waals surface area contributed by atoms with Crippen molar-refractivity contribution in [2.75, 3.05) is 17.2 Å².